The van der Waals surface area contributed by atoms with Crippen molar-refractivity contribution in [2.75, 3.05) is 7.11 Å². The van der Waals surface area contributed by atoms with Gasteiger partial charge in [-0.1, -0.05) is 42.5 Å². The summed E-state index contributed by atoms with van der Waals surface area (Å²) < 4.78 is 5.10. The number of methoxy groups -OCH3 is 1. The molecule has 25 heavy (non-hydrogen) atoms. The maximum Gasteiger partial charge on any atom is 0.240 e. The van der Waals surface area contributed by atoms with E-state index in [1.807, 2.05) is 42.5 Å². The van der Waals surface area contributed by atoms with Crippen LogP contribution in [0, 0.1) is 0 Å². The van der Waals surface area contributed by atoms with Crippen LogP contribution in [0.25, 0.3) is 0 Å². The number of nitrogens with one attached hydrogen (secondary N) is 1. The average Bonchev–Trinajstić information content (AvgIpc) is 2.62. The summed E-state index contributed by atoms with van der Waals surface area (Å²) in [6.07, 6.45) is 0.684. The number of amides is 2. The minimum Gasteiger partial charge on any atom is -0.497 e. The van der Waals surface area contributed by atoms with Crippen molar-refractivity contribution in [2.45, 2.75) is 24.9 Å². The Labute approximate surface area is 147 Å². The first kappa shape index (κ1) is 18.5. The Balaban J connectivity index is 1.97. The van der Waals surface area contributed by atoms with Gasteiger partial charge in [-0.3, -0.25) is 9.59 Å². The van der Waals surface area contributed by atoms with E-state index in [1.54, 1.807) is 19.2 Å². The fraction of sp³-hybridized carbons (Fsp3) is 0.263. The third-order valence-electron chi connectivity index (χ3n) is 3.89. The van der Waals surface area contributed by atoms with E-state index < -0.39 is 23.9 Å². The minimum atomic E-state index is -0.817. The van der Waals surface area contributed by atoms with Crippen LogP contribution in [0.3, 0.4) is 0 Å². The summed E-state index contributed by atoms with van der Waals surface area (Å²) in [6, 6.07) is 15.1. The van der Waals surface area contributed by atoms with Gasteiger partial charge in [0.25, 0.3) is 0 Å². The molecule has 2 atom stereocenters. The molecule has 2 aromatic carbocycles. The predicted molar refractivity (Wildman–Crippen MR) is 95.9 cm³/mol. The molecule has 0 radical (unpaired) electrons. The van der Waals surface area contributed by atoms with Crippen molar-refractivity contribution < 1.29 is 14.3 Å². The second-order valence-corrected chi connectivity index (χ2v) is 5.81. The molecule has 0 fully saturated rings. The summed E-state index contributed by atoms with van der Waals surface area (Å²) in [6.45, 7) is 0. The van der Waals surface area contributed by atoms with Crippen LogP contribution in [0.2, 0.25) is 0 Å². The van der Waals surface area contributed by atoms with Gasteiger partial charge in [-0.05, 0) is 29.7 Å². The molecule has 0 aliphatic carbocycles. The van der Waals surface area contributed by atoms with Gasteiger partial charge in [-0.2, -0.15) is 0 Å². The van der Waals surface area contributed by atoms with Crippen molar-refractivity contribution in [2.24, 2.45) is 11.5 Å². The third-order valence-corrected chi connectivity index (χ3v) is 3.89. The van der Waals surface area contributed by atoms with Gasteiger partial charge in [-0.25, -0.2) is 0 Å². The summed E-state index contributed by atoms with van der Waals surface area (Å²) in [7, 11) is 1.58. The van der Waals surface area contributed by atoms with Crippen LogP contribution < -0.4 is 21.5 Å². The Morgan fingerprint density at radius 2 is 1.60 bits per heavy atom. The van der Waals surface area contributed by atoms with Gasteiger partial charge >= 0.3 is 0 Å². The van der Waals surface area contributed by atoms with Crippen LogP contribution in [0.1, 0.15) is 11.1 Å². The van der Waals surface area contributed by atoms with E-state index in [0.29, 0.717) is 18.6 Å². The van der Waals surface area contributed by atoms with E-state index in [9.17, 15) is 9.59 Å². The van der Waals surface area contributed by atoms with Gasteiger partial charge < -0.3 is 21.5 Å². The number of benzene rings is 2. The fourth-order valence-electron chi connectivity index (χ4n) is 2.46. The summed E-state index contributed by atoms with van der Waals surface area (Å²) in [5, 5.41) is 2.64. The molecular weight excluding hydrogens is 318 g/mol. The Morgan fingerprint density at radius 1 is 1.00 bits per heavy atom. The summed E-state index contributed by atoms with van der Waals surface area (Å²) in [5.74, 6) is -0.287. The zero-order valence-corrected chi connectivity index (χ0v) is 14.1. The number of carbonyl (C=O) groups excluding carboxylic acids is 2. The summed E-state index contributed by atoms with van der Waals surface area (Å²) >= 11 is 0. The highest BCUT2D eigenvalue weighted by Gasteiger charge is 2.22. The number of hydrogen-bond acceptors (Lipinski definition) is 4. The van der Waals surface area contributed by atoms with Crippen LogP contribution in [0.5, 0.6) is 5.75 Å². The molecule has 6 nitrogen and oxygen atoms in total. The smallest absolute Gasteiger partial charge is 0.240 e. The maximum absolute atomic E-state index is 12.3. The monoisotopic (exact) mass is 341 g/mol. The van der Waals surface area contributed by atoms with E-state index in [4.69, 9.17) is 16.2 Å². The number of primary amides is 1. The first-order valence-corrected chi connectivity index (χ1v) is 8.01. The molecule has 0 saturated heterocycles. The molecule has 2 rings (SSSR count). The highest BCUT2D eigenvalue weighted by atomic mass is 16.5. The van der Waals surface area contributed by atoms with E-state index in [0.717, 1.165) is 11.1 Å². The molecule has 2 amide bonds. The van der Waals surface area contributed by atoms with Gasteiger partial charge in [0, 0.05) is 6.42 Å². The van der Waals surface area contributed by atoms with Gasteiger partial charge in [0.15, 0.2) is 0 Å². The summed E-state index contributed by atoms with van der Waals surface area (Å²) in [5.41, 5.74) is 13.2. The quantitative estimate of drug-likeness (QED) is 0.659. The number of rotatable bonds is 8. The Bertz CT molecular complexity index is 702. The maximum atomic E-state index is 12.3. The van der Waals surface area contributed by atoms with E-state index in [1.165, 1.54) is 0 Å². The van der Waals surface area contributed by atoms with Crippen molar-refractivity contribution in [3.05, 3.63) is 65.7 Å². The number of carbonyl (C=O) groups is 2. The molecule has 0 aliphatic heterocycles. The molecule has 132 valence electrons. The zero-order valence-electron chi connectivity index (χ0n) is 14.1. The number of nitrogens with two attached hydrogens (primary N) is 2. The van der Waals surface area contributed by atoms with Gasteiger partial charge in [0.1, 0.15) is 11.8 Å². The Morgan fingerprint density at radius 3 is 2.16 bits per heavy atom. The molecule has 2 aromatic rings. The molecule has 0 aliphatic rings. The molecule has 0 saturated carbocycles. The second-order valence-electron chi connectivity index (χ2n) is 5.81. The van der Waals surface area contributed by atoms with Crippen LogP contribution in [0.15, 0.2) is 54.6 Å². The van der Waals surface area contributed by atoms with Crippen LogP contribution >= 0.6 is 0 Å². The van der Waals surface area contributed by atoms with Gasteiger partial charge in [0.05, 0.1) is 13.2 Å². The SMILES string of the molecule is COc1ccc(CC(NC(=O)[C@@H](N)Cc2ccccc2)C(N)=O)cc1. The lowest BCUT2D eigenvalue weighted by molar-refractivity contribution is -0.128. The molecule has 1 unspecified atom stereocenters. The van der Waals surface area contributed by atoms with Crippen LogP contribution in [-0.4, -0.2) is 31.0 Å². The summed E-state index contributed by atoms with van der Waals surface area (Å²) in [4.78, 5) is 24.0. The number of ether oxygens (including phenoxy) is 1. The topological polar surface area (TPSA) is 107 Å². The van der Waals surface area contributed by atoms with E-state index >= 15 is 0 Å². The van der Waals surface area contributed by atoms with Gasteiger partial charge in [0.2, 0.25) is 11.8 Å². The number of hydrogen-bond donors (Lipinski definition) is 3. The van der Waals surface area contributed by atoms with Crippen molar-refractivity contribution in [3.8, 4) is 5.75 Å². The fourth-order valence-corrected chi connectivity index (χ4v) is 2.46. The van der Waals surface area contributed by atoms with Crippen LogP contribution in [-0.2, 0) is 22.4 Å². The van der Waals surface area contributed by atoms with Gasteiger partial charge in [-0.15, -0.1) is 0 Å². The van der Waals surface area contributed by atoms with E-state index in [-0.39, 0.29) is 0 Å². The largest absolute Gasteiger partial charge is 0.497 e. The van der Waals surface area contributed by atoms with Crippen molar-refractivity contribution in [1.29, 1.82) is 0 Å². The normalized spacial score (nSPS) is 12.9. The van der Waals surface area contributed by atoms with Crippen LogP contribution in [0.4, 0.5) is 0 Å². The highest BCUT2D eigenvalue weighted by Crippen LogP contribution is 2.13. The predicted octanol–water partition coefficient (Wildman–Crippen LogP) is 0.778. The third kappa shape index (κ3) is 5.61. The first-order valence-electron chi connectivity index (χ1n) is 8.01. The lowest BCUT2D eigenvalue weighted by atomic mass is 10.0. The molecular formula is C19H23N3O3. The Kier molecular flexibility index (Phi) is 6.54. The lowest BCUT2D eigenvalue weighted by Gasteiger charge is -2.19. The molecule has 0 bridgehead atoms. The minimum absolute atomic E-state index is 0.295. The molecule has 6 heteroatoms. The molecule has 0 heterocycles. The standard InChI is InChI=1S/C19H23N3O3/c1-25-15-9-7-14(8-10-15)12-17(18(21)23)22-19(24)16(20)11-13-5-3-2-4-6-13/h2-10,16-17H,11-12,20H2,1H3,(H2,21,23)(H,22,24)/t16-,17?/m0/s1. The second kappa shape index (κ2) is 8.84. The average molecular weight is 341 g/mol. The van der Waals surface area contributed by atoms with Crippen molar-refractivity contribution >= 4 is 11.8 Å². The Hall–Kier alpha value is -2.86. The van der Waals surface area contributed by atoms with E-state index in [2.05, 4.69) is 5.32 Å². The lowest BCUT2D eigenvalue weighted by Crippen LogP contribution is -2.51. The first-order chi connectivity index (χ1) is 12.0. The zero-order chi connectivity index (χ0) is 18.2. The highest BCUT2D eigenvalue weighted by molar-refractivity contribution is 5.89. The molecule has 0 spiro atoms. The molecule has 0 aromatic heterocycles. The van der Waals surface area contributed by atoms with Crippen molar-refractivity contribution in [1.82, 2.24) is 5.32 Å². The van der Waals surface area contributed by atoms with Crippen molar-refractivity contribution in [3.63, 3.8) is 0 Å². The molecule has 5 N–H and O–H groups in total.